The number of halogens is 2. The minimum Gasteiger partial charge on any atom is -0.367 e. The number of anilines is 1. The van der Waals surface area contributed by atoms with E-state index in [4.69, 9.17) is 11.6 Å². The molecule has 1 heterocycles. The van der Waals surface area contributed by atoms with Crippen LogP contribution in [-0.4, -0.2) is 19.6 Å². The van der Waals surface area contributed by atoms with Gasteiger partial charge in [0.25, 0.3) is 0 Å². The van der Waals surface area contributed by atoms with Crippen molar-refractivity contribution in [3.63, 3.8) is 0 Å². The van der Waals surface area contributed by atoms with Crippen LogP contribution >= 0.6 is 27.5 Å². The third-order valence-electron chi connectivity index (χ3n) is 4.07. The molecule has 1 unspecified atom stereocenters. The minimum atomic E-state index is -0.0596. The molecular formula is C17H18BrClN2. The first kappa shape index (κ1) is 14.9. The van der Waals surface area contributed by atoms with Gasteiger partial charge in [-0.3, -0.25) is 0 Å². The molecular weight excluding hydrogens is 348 g/mol. The quantitative estimate of drug-likeness (QED) is 0.847. The Morgan fingerprint density at radius 2 is 1.95 bits per heavy atom. The molecule has 3 rings (SSSR count). The predicted molar refractivity (Wildman–Crippen MR) is 93.2 cm³/mol. The van der Waals surface area contributed by atoms with Crippen molar-refractivity contribution in [3.8, 4) is 0 Å². The van der Waals surface area contributed by atoms with Crippen molar-refractivity contribution in [2.45, 2.75) is 12.5 Å². The van der Waals surface area contributed by atoms with E-state index in [1.807, 2.05) is 12.1 Å². The van der Waals surface area contributed by atoms with Gasteiger partial charge >= 0.3 is 0 Å². The van der Waals surface area contributed by atoms with Gasteiger partial charge in [-0.1, -0.05) is 57.9 Å². The Morgan fingerprint density at radius 1 is 1.19 bits per heavy atom. The fraction of sp³-hybridized carbons (Fsp3) is 0.294. The molecule has 4 heteroatoms. The van der Waals surface area contributed by atoms with Crippen molar-refractivity contribution in [2.24, 2.45) is 0 Å². The molecule has 1 N–H and O–H groups in total. The van der Waals surface area contributed by atoms with Crippen LogP contribution in [0.4, 0.5) is 5.69 Å². The molecule has 1 aliphatic rings. The van der Waals surface area contributed by atoms with Gasteiger partial charge in [0.15, 0.2) is 0 Å². The number of nitrogens with one attached hydrogen (secondary N) is 1. The first-order chi connectivity index (χ1) is 10.1. The second kappa shape index (κ2) is 5.99. The molecule has 2 nitrogen and oxygen atoms in total. The molecule has 110 valence electrons. The largest absolute Gasteiger partial charge is 0.367 e. The molecule has 0 aromatic heterocycles. The summed E-state index contributed by atoms with van der Waals surface area (Å²) in [6.45, 7) is 5.06. The van der Waals surface area contributed by atoms with Crippen LogP contribution in [0.25, 0.3) is 0 Å². The Kier molecular flexibility index (Phi) is 4.25. The molecule has 2 aromatic rings. The maximum Gasteiger partial charge on any atom is 0.0650 e. The van der Waals surface area contributed by atoms with Crippen LogP contribution in [-0.2, 0) is 5.54 Å². The predicted octanol–water partition coefficient (Wildman–Crippen LogP) is 4.43. The molecule has 21 heavy (non-hydrogen) atoms. The lowest BCUT2D eigenvalue weighted by molar-refractivity contribution is 0.332. The van der Waals surface area contributed by atoms with Gasteiger partial charge in [-0.25, -0.2) is 0 Å². The zero-order valence-corrected chi connectivity index (χ0v) is 14.3. The Morgan fingerprint density at radius 3 is 2.67 bits per heavy atom. The van der Waals surface area contributed by atoms with Gasteiger partial charge in [-0.05, 0) is 30.7 Å². The topological polar surface area (TPSA) is 15.3 Å². The molecule has 1 saturated heterocycles. The van der Waals surface area contributed by atoms with Gasteiger partial charge in [-0.15, -0.1) is 0 Å². The van der Waals surface area contributed by atoms with E-state index >= 15 is 0 Å². The van der Waals surface area contributed by atoms with Crippen molar-refractivity contribution < 1.29 is 0 Å². The zero-order chi connectivity index (χ0) is 14.9. The van der Waals surface area contributed by atoms with Crippen molar-refractivity contribution in [1.82, 2.24) is 5.32 Å². The molecule has 0 bridgehead atoms. The lowest BCUT2D eigenvalue weighted by atomic mass is 9.89. The first-order valence-electron chi connectivity index (χ1n) is 7.09. The summed E-state index contributed by atoms with van der Waals surface area (Å²) in [7, 11) is 0. The van der Waals surface area contributed by atoms with Crippen molar-refractivity contribution in [2.75, 3.05) is 24.5 Å². The van der Waals surface area contributed by atoms with E-state index in [1.165, 1.54) is 5.56 Å². The summed E-state index contributed by atoms with van der Waals surface area (Å²) in [4.78, 5) is 2.36. The van der Waals surface area contributed by atoms with E-state index in [-0.39, 0.29) is 5.54 Å². The number of hydrogen-bond acceptors (Lipinski definition) is 2. The van der Waals surface area contributed by atoms with Crippen LogP contribution < -0.4 is 10.2 Å². The van der Waals surface area contributed by atoms with Crippen molar-refractivity contribution >= 4 is 33.2 Å². The summed E-state index contributed by atoms with van der Waals surface area (Å²) < 4.78 is 1.01. The summed E-state index contributed by atoms with van der Waals surface area (Å²) in [5.41, 5.74) is 2.35. The summed E-state index contributed by atoms with van der Waals surface area (Å²) in [5, 5.41) is 4.44. The summed E-state index contributed by atoms with van der Waals surface area (Å²) in [6, 6.07) is 16.7. The number of rotatable bonds is 2. The van der Waals surface area contributed by atoms with Crippen molar-refractivity contribution in [1.29, 1.82) is 0 Å². The second-order valence-electron chi connectivity index (χ2n) is 5.64. The van der Waals surface area contributed by atoms with Gasteiger partial charge in [0, 0.05) is 24.1 Å². The average molecular weight is 366 g/mol. The molecule has 0 aliphatic carbocycles. The summed E-state index contributed by atoms with van der Waals surface area (Å²) in [6.07, 6.45) is 0. The van der Waals surface area contributed by atoms with E-state index in [1.54, 1.807) is 0 Å². The molecule has 0 spiro atoms. The highest BCUT2D eigenvalue weighted by Crippen LogP contribution is 2.33. The number of nitrogens with zero attached hydrogens (tertiary/aromatic N) is 1. The fourth-order valence-corrected chi connectivity index (χ4v) is 3.72. The monoisotopic (exact) mass is 364 g/mol. The summed E-state index contributed by atoms with van der Waals surface area (Å²) in [5.74, 6) is 0. The SMILES string of the molecule is CC1(c2ccccc2)CN(c2ccc(Br)cc2Cl)CCN1. The Balaban J connectivity index is 1.89. The van der Waals surface area contributed by atoms with Gasteiger partial charge < -0.3 is 10.2 Å². The van der Waals surface area contributed by atoms with Gasteiger partial charge in [0.1, 0.15) is 0 Å². The zero-order valence-electron chi connectivity index (χ0n) is 11.9. The van der Waals surface area contributed by atoms with Gasteiger partial charge in [0.05, 0.1) is 16.2 Å². The van der Waals surface area contributed by atoms with E-state index in [2.05, 4.69) is 69.5 Å². The highest BCUT2D eigenvalue weighted by Gasteiger charge is 2.32. The normalized spacial score (nSPS) is 22.3. The smallest absolute Gasteiger partial charge is 0.0650 e. The maximum absolute atomic E-state index is 6.41. The first-order valence-corrected chi connectivity index (χ1v) is 8.26. The van der Waals surface area contributed by atoms with Crippen molar-refractivity contribution in [3.05, 3.63) is 63.6 Å². The van der Waals surface area contributed by atoms with Crippen LogP contribution in [0.2, 0.25) is 5.02 Å². The number of hydrogen-bond donors (Lipinski definition) is 1. The maximum atomic E-state index is 6.41. The van der Waals surface area contributed by atoms with E-state index in [0.29, 0.717) is 0 Å². The molecule has 0 amide bonds. The van der Waals surface area contributed by atoms with E-state index in [0.717, 1.165) is 34.8 Å². The highest BCUT2D eigenvalue weighted by molar-refractivity contribution is 9.10. The lowest BCUT2D eigenvalue weighted by Crippen LogP contribution is -2.56. The van der Waals surface area contributed by atoms with Crippen LogP contribution in [0.3, 0.4) is 0 Å². The van der Waals surface area contributed by atoms with Crippen LogP contribution in [0.5, 0.6) is 0 Å². The average Bonchev–Trinajstić information content (AvgIpc) is 2.48. The van der Waals surface area contributed by atoms with Crippen LogP contribution in [0, 0.1) is 0 Å². The molecule has 0 radical (unpaired) electrons. The third-order valence-corrected chi connectivity index (χ3v) is 4.86. The lowest BCUT2D eigenvalue weighted by Gasteiger charge is -2.43. The standard InChI is InChI=1S/C17H18BrClN2/c1-17(13-5-3-2-4-6-13)12-21(10-9-20-17)16-8-7-14(18)11-15(16)19/h2-8,11,20H,9-10,12H2,1H3. The van der Waals surface area contributed by atoms with E-state index in [9.17, 15) is 0 Å². The molecule has 2 aromatic carbocycles. The summed E-state index contributed by atoms with van der Waals surface area (Å²) >= 11 is 9.87. The third kappa shape index (κ3) is 3.10. The van der Waals surface area contributed by atoms with Gasteiger partial charge in [-0.2, -0.15) is 0 Å². The highest BCUT2D eigenvalue weighted by atomic mass is 79.9. The van der Waals surface area contributed by atoms with E-state index < -0.39 is 0 Å². The second-order valence-corrected chi connectivity index (χ2v) is 6.97. The minimum absolute atomic E-state index is 0.0596. The molecule has 1 aliphatic heterocycles. The Labute approximate surface area is 139 Å². The molecule has 0 saturated carbocycles. The fourth-order valence-electron chi connectivity index (χ4n) is 2.93. The number of piperazine rings is 1. The van der Waals surface area contributed by atoms with Crippen LogP contribution in [0.1, 0.15) is 12.5 Å². The molecule has 1 atom stereocenters. The Hall–Kier alpha value is -1.03. The number of benzene rings is 2. The van der Waals surface area contributed by atoms with Crippen LogP contribution in [0.15, 0.2) is 53.0 Å². The molecule has 1 fully saturated rings. The van der Waals surface area contributed by atoms with Gasteiger partial charge in [0.2, 0.25) is 0 Å². The Bertz CT molecular complexity index is 632.